The third-order valence-corrected chi connectivity index (χ3v) is 6.65. The maximum absolute atomic E-state index is 13.6. The summed E-state index contributed by atoms with van der Waals surface area (Å²) >= 11 is 0. The predicted molar refractivity (Wildman–Crippen MR) is 130 cm³/mol. The number of carbonyl (C=O) groups excluding carboxylic acids is 3. The Morgan fingerprint density at radius 1 is 1.17 bits per heavy atom. The highest BCUT2D eigenvalue weighted by Gasteiger charge is 2.32. The highest BCUT2D eigenvalue weighted by atomic mass is 16.5. The van der Waals surface area contributed by atoms with Crippen LogP contribution in [0.1, 0.15) is 81.0 Å². The Labute approximate surface area is 206 Å². The van der Waals surface area contributed by atoms with Crippen LogP contribution in [-0.4, -0.2) is 71.0 Å². The first kappa shape index (κ1) is 25.1. The van der Waals surface area contributed by atoms with Crippen LogP contribution in [0.3, 0.4) is 0 Å². The van der Waals surface area contributed by atoms with Gasteiger partial charge in [0, 0.05) is 31.7 Å². The molecule has 0 radical (unpaired) electrons. The highest BCUT2D eigenvalue weighted by Crippen LogP contribution is 2.41. The zero-order valence-corrected chi connectivity index (χ0v) is 21.4. The fourth-order valence-electron chi connectivity index (χ4n) is 4.61. The van der Waals surface area contributed by atoms with Crippen LogP contribution in [0.5, 0.6) is 0 Å². The van der Waals surface area contributed by atoms with Gasteiger partial charge in [-0.05, 0) is 50.5 Å². The molecule has 1 saturated carbocycles. The largest absolute Gasteiger partial charge is 0.466 e. The van der Waals surface area contributed by atoms with Gasteiger partial charge in [0.1, 0.15) is 0 Å². The molecule has 2 amide bonds. The summed E-state index contributed by atoms with van der Waals surface area (Å²) in [6.45, 7) is 9.41. The quantitative estimate of drug-likeness (QED) is 0.553. The number of nitrogens with zero attached hydrogens (tertiary/aromatic N) is 4. The number of piperidine rings is 1. The third-order valence-electron chi connectivity index (χ3n) is 6.65. The summed E-state index contributed by atoms with van der Waals surface area (Å²) in [5, 5.41) is 4.89. The lowest BCUT2D eigenvalue weighted by atomic mass is 9.89. The number of fused-ring (bicyclic) bond motifs is 1. The molecule has 0 bridgehead atoms. The van der Waals surface area contributed by atoms with Gasteiger partial charge in [-0.25, -0.2) is 4.98 Å². The molecule has 3 heterocycles. The van der Waals surface area contributed by atoms with Crippen molar-refractivity contribution in [1.82, 2.24) is 19.9 Å². The number of hydrogen-bond donors (Lipinski definition) is 0. The minimum atomic E-state index is -0.243. The molecule has 1 saturated heterocycles. The minimum absolute atomic E-state index is 0.0363. The number of esters is 1. The normalized spacial score (nSPS) is 17.0. The molecule has 2 fully saturated rings. The van der Waals surface area contributed by atoms with E-state index in [0.29, 0.717) is 67.2 Å². The van der Waals surface area contributed by atoms with E-state index in [-0.39, 0.29) is 35.7 Å². The van der Waals surface area contributed by atoms with Crippen LogP contribution in [-0.2, 0) is 20.7 Å². The third kappa shape index (κ3) is 5.82. The van der Waals surface area contributed by atoms with E-state index in [2.05, 4.69) is 30.9 Å². The van der Waals surface area contributed by atoms with Crippen molar-refractivity contribution in [2.45, 2.75) is 65.7 Å². The molecule has 0 aromatic carbocycles. The van der Waals surface area contributed by atoms with Crippen molar-refractivity contribution < 1.29 is 23.6 Å². The molecule has 190 valence electrons. The number of pyridine rings is 1. The van der Waals surface area contributed by atoms with E-state index in [1.165, 1.54) is 4.90 Å². The van der Waals surface area contributed by atoms with Crippen molar-refractivity contribution in [1.29, 1.82) is 0 Å². The van der Waals surface area contributed by atoms with Crippen molar-refractivity contribution >= 4 is 28.9 Å². The lowest BCUT2D eigenvalue weighted by Gasteiger charge is -2.32. The molecule has 0 spiro atoms. The van der Waals surface area contributed by atoms with E-state index < -0.39 is 0 Å². The SMILES string of the molecule is CCOC(=O)C1CCN(C(=O)CN(C)C(=O)c2cc(C3CC3)nc3onc(CC(C)(C)C)c23)CC1. The first-order chi connectivity index (χ1) is 16.6. The second-order valence-electron chi connectivity index (χ2n) is 11.0. The van der Waals surface area contributed by atoms with Crippen LogP contribution >= 0.6 is 0 Å². The maximum Gasteiger partial charge on any atom is 0.309 e. The average Bonchev–Trinajstić information content (AvgIpc) is 3.59. The van der Waals surface area contributed by atoms with Crippen molar-refractivity contribution in [2.24, 2.45) is 11.3 Å². The molecule has 0 atom stereocenters. The van der Waals surface area contributed by atoms with E-state index in [9.17, 15) is 14.4 Å². The topological polar surface area (TPSA) is 106 Å². The molecular formula is C26H36N4O5. The number of rotatable bonds is 7. The number of amides is 2. The van der Waals surface area contributed by atoms with Gasteiger partial charge in [-0.1, -0.05) is 25.9 Å². The lowest BCUT2D eigenvalue weighted by Crippen LogP contribution is -2.45. The molecule has 0 N–H and O–H groups in total. The van der Waals surface area contributed by atoms with Gasteiger partial charge >= 0.3 is 5.97 Å². The van der Waals surface area contributed by atoms with Crippen LogP contribution in [0.4, 0.5) is 0 Å². The minimum Gasteiger partial charge on any atom is -0.466 e. The van der Waals surface area contributed by atoms with Gasteiger partial charge in [0.2, 0.25) is 5.91 Å². The highest BCUT2D eigenvalue weighted by molar-refractivity contribution is 6.07. The molecule has 2 aliphatic rings. The molecule has 9 nitrogen and oxygen atoms in total. The maximum atomic E-state index is 13.6. The molecule has 0 unspecified atom stereocenters. The van der Waals surface area contributed by atoms with E-state index in [1.54, 1.807) is 18.9 Å². The molecule has 4 rings (SSSR count). The van der Waals surface area contributed by atoms with Gasteiger partial charge in [-0.3, -0.25) is 14.4 Å². The first-order valence-corrected chi connectivity index (χ1v) is 12.6. The first-order valence-electron chi connectivity index (χ1n) is 12.6. The van der Waals surface area contributed by atoms with Gasteiger partial charge in [-0.15, -0.1) is 0 Å². The Balaban J connectivity index is 1.50. The molecule has 2 aromatic heterocycles. The molecule has 1 aliphatic heterocycles. The molecule has 2 aromatic rings. The number of likely N-dealkylation sites (N-methyl/N-ethyl adjacent to an activating group) is 1. The molecule has 1 aliphatic carbocycles. The van der Waals surface area contributed by atoms with Crippen LogP contribution in [0.2, 0.25) is 0 Å². The van der Waals surface area contributed by atoms with Gasteiger partial charge in [0.05, 0.1) is 35.7 Å². The van der Waals surface area contributed by atoms with Crippen LogP contribution < -0.4 is 0 Å². The Bertz CT molecular complexity index is 1110. The Hall–Kier alpha value is -2.97. The Kier molecular flexibility index (Phi) is 7.15. The van der Waals surface area contributed by atoms with E-state index in [0.717, 1.165) is 18.5 Å². The summed E-state index contributed by atoms with van der Waals surface area (Å²) < 4.78 is 10.7. The second kappa shape index (κ2) is 9.95. The summed E-state index contributed by atoms with van der Waals surface area (Å²) in [4.78, 5) is 46.4. The number of carbonyl (C=O) groups is 3. The van der Waals surface area contributed by atoms with E-state index in [4.69, 9.17) is 9.26 Å². The average molecular weight is 485 g/mol. The zero-order chi connectivity index (χ0) is 25.3. The van der Waals surface area contributed by atoms with Gasteiger partial charge in [-0.2, -0.15) is 0 Å². The number of likely N-dealkylation sites (tertiary alicyclic amines) is 1. The fraction of sp³-hybridized carbons (Fsp3) is 0.654. The molecule has 9 heteroatoms. The Morgan fingerprint density at radius 3 is 2.46 bits per heavy atom. The second-order valence-corrected chi connectivity index (χ2v) is 11.0. The lowest BCUT2D eigenvalue weighted by molar-refractivity contribution is -0.151. The number of aromatic nitrogens is 2. The van der Waals surface area contributed by atoms with Gasteiger partial charge in [0.15, 0.2) is 0 Å². The summed E-state index contributed by atoms with van der Waals surface area (Å²) in [6, 6.07) is 1.86. The fourth-order valence-corrected chi connectivity index (χ4v) is 4.61. The van der Waals surface area contributed by atoms with E-state index in [1.807, 2.05) is 6.07 Å². The van der Waals surface area contributed by atoms with Crippen molar-refractivity contribution in [3.63, 3.8) is 0 Å². The smallest absolute Gasteiger partial charge is 0.309 e. The standard InChI is InChI=1S/C26H36N4O5/c1-6-34-25(33)17-9-11-30(12-10-17)21(31)15-29(5)24(32)18-13-19(16-7-8-16)27-23-22(18)20(28-35-23)14-26(2,3)4/h13,16-17H,6-12,14-15H2,1-5H3. The summed E-state index contributed by atoms with van der Waals surface area (Å²) in [5.41, 5.74) is 2.40. The Morgan fingerprint density at radius 2 is 1.86 bits per heavy atom. The summed E-state index contributed by atoms with van der Waals surface area (Å²) in [7, 11) is 1.64. The monoisotopic (exact) mass is 484 g/mol. The van der Waals surface area contributed by atoms with Crippen LogP contribution in [0, 0.1) is 11.3 Å². The van der Waals surface area contributed by atoms with Crippen LogP contribution in [0.25, 0.3) is 11.1 Å². The van der Waals surface area contributed by atoms with Crippen molar-refractivity contribution in [3.8, 4) is 0 Å². The summed E-state index contributed by atoms with van der Waals surface area (Å²) in [6.07, 6.45) is 3.89. The van der Waals surface area contributed by atoms with Crippen molar-refractivity contribution in [2.75, 3.05) is 33.3 Å². The molecule has 35 heavy (non-hydrogen) atoms. The van der Waals surface area contributed by atoms with Gasteiger partial charge < -0.3 is 19.1 Å². The van der Waals surface area contributed by atoms with Crippen LogP contribution in [0.15, 0.2) is 10.6 Å². The number of ether oxygens (including phenoxy) is 1. The molecular weight excluding hydrogens is 448 g/mol. The summed E-state index contributed by atoms with van der Waals surface area (Å²) in [5.74, 6) is -0.391. The zero-order valence-electron chi connectivity index (χ0n) is 21.4. The van der Waals surface area contributed by atoms with E-state index >= 15 is 0 Å². The number of hydrogen-bond acceptors (Lipinski definition) is 7. The predicted octanol–water partition coefficient (Wildman–Crippen LogP) is 3.56. The van der Waals surface area contributed by atoms with Crippen molar-refractivity contribution in [3.05, 3.63) is 23.0 Å². The van der Waals surface area contributed by atoms with Gasteiger partial charge in [0.25, 0.3) is 11.6 Å².